The number of nitrogens with one attached hydrogen (secondary N) is 1. The molecule has 1 saturated heterocycles. The largest absolute Gasteiger partial charge is 0.396 e. The fraction of sp³-hybridized carbons (Fsp3) is 0.600. The summed E-state index contributed by atoms with van der Waals surface area (Å²) in [6.07, 6.45) is 7.23. The Morgan fingerprint density at radius 3 is 2.56 bits per heavy atom. The van der Waals surface area contributed by atoms with Crippen LogP contribution >= 0.6 is 0 Å². The van der Waals surface area contributed by atoms with Gasteiger partial charge in [0.05, 0.1) is 6.42 Å². The van der Waals surface area contributed by atoms with Crippen molar-refractivity contribution < 1.29 is 14.7 Å². The van der Waals surface area contributed by atoms with Crippen LogP contribution in [0.3, 0.4) is 0 Å². The van der Waals surface area contributed by atoms with E-state index < -0.39 is 0 Å². The number of nitrogens with zero attached hydrogens (tertiary/aromatic N) is 1. The van der Waals surface area contributed by atoms with E-state index in [1.807, 2.05) is 24.3 Å². The number of hydrogen-bond donors (Lipinski definition) is 2. The molecule has 2 fully saturated rings. The van der Waals surface area contributed by atoms with Gasteiger partial charge in [0, 0.05) is 37.2 Å². The molecule has 25 heavy (non-hydrogen) atoms. The van der Waals surface area contributed by atoms with Crippen LogP contribution in [0, 0.1) is 5.92 Å². The summed E-state index contributed by atoms with van der Waals surface area (Å²) >= 11 is 0. The van der Waals surface area contributed by atoms with Crippen molar-refractivity contribution in [2.75, 3.05) is 18.1 Å². The summed E-state index contributed by atoms with van der Waals surface area (Å²) in [5, 5.41) is 12.7. The molecule has 5 nitrogen and oxygen atoms in total. The Bertz CT molecular complexity index is 599. The number of aliphatic hydroxyl groups is 1. The van der Waals surface area contributed by atoms with Crippen LogP contribution in [-0.4, -0.2) is 36.1 Å². The number of carbonyl (C=O) groups is 2. The second kappa shape index (κ2) is 8.48. The summed E-state index contributed by atoms with van der Waals surface area (Å²) in [6.45, 7) is 0.923. The van der Waals surface area contributed by atoms with Crippen molar-refractivity contribution >= 4 is 17.5 Å². The van der Waals surface area contributed by atoms with Crippen LogP contribution in [0.4, 0.5) is 5.69 Å². The highest BCUT2D eigenvalue weighted by Gasteiger charge is 2.25. The van der Waals surface area contributed by atoms with Crippen molar-refractivity contribution in [2.24, 2.45) is 5.92 Å². The molecule has 2 unspecified atom stereocenters. The topological polar surface area (TPSA) is 69.6 Å². The Morgan fingerprint density at radius 2 is 1.88 bits per heavy atom. The molecule has 1 aliphatic carbocycles. The molecular weight excluding hydrogens is 316 g/mol. The van der Waals surface area contributed by atoms with Gasteiger partial charge in [-0.2, -0.15) is 0 Å². The van der Waals surface area contributed by atoms with Gasteiger partial charge in [-0.15, -0.1) is 0 Å². The molecule has 0 spiro atoms. The predicted octanol–water partition coefficient (Wildman–Crippen LogP) is 2.41. The Balaban J connectivity index is 1.56. The zero-order valence-corrected chi connectivity index (χ0v) is 14.7. The number of rotatable bonds is 5. The number of hydrogen-bond acceptors (Lipinski definition) is 3. The first-order valence-corrected chi connectivity index (χ1v) is 9.47. The molecule has 2 atom stereocenters. The zero-order valence-electron chi connectivity index (χ0n) is 14.7. The van der Waals surface area contributed by atoms with E-state index in [1.54, 1.807) is 4.90 Å². The highest BCUT2D eigenvalue weighted by molar-refractivity contribution is 5.95. The van der Waals surface area contributed by atoms with E-state index in [2.05, 4.69) is 5.32 Å². The zero-order chi connectivity index (χ0) is 17.6. The number of benzene rings is 1. The Kier molecular flexibility index (Phi) is 6.08. The first-order valence-electron chi connectivity index (χ1n) is 9.47. The number of amides is 2. The van der Waals surface area contributed by atoms with Gasteiger partial charge < -0.3 is 15.3 Å². The maximum absolute atomic E-state index is 12.4. The van der Waals surface area contributed by atoms with Crippen LogP contribution in [0.2, 0.25) is 0 Å². The summed E-state index contributed by atoms with van der Waals surface area (Å²) in [7, 11) is 0. The number of aliphatic hydroxyl groups excluding tert-OH is 1. The normalized spacial score (nSPS) is 24.2. The fourth-order valence-corrected chi connectivity index (χ4v) is 3.95. The predicted molar refractivity (Wildman–Crippen MR) is 97.3 cm³/mol. The first-order chi connectivity index (χ1) is 12.2. The lowest BCUT2D eigenvalue weighted by Crippen LogP contribution is -2.41. The smallest absolute Gasteiger partial charge is 0.227 e. The summed E-state index contributed by atoms with van der Waals surface area (Å²) in [5.74, 6) is 0.360. The van der Waals surface area contributed by atoms with Crippen LogP contribution in [0.5, 0.6) is 0 Å². The highest BCUT2D eigenvalue weighted by atomic mass is 16.3. The quantitative estimate of drug-likeness (QED) is 0.806. The van der Waals surface area contributed by atoms with Gasteiger partial charge in [-0.05, 0) is 37.0 Å². The van der Waals surface area contributed by atoms with Gasteiger partial charge in [0.1, 0.15) is 0 Å². The fourth-order valence-electron chi connectivity index (χ4n) is 3.95. The van der Waals surface area contributed by atoms with Crippen molar-refractivity contribution in [2.45, 2.75) is 57.4 Å². The second-order valence-electron chi connectivity index (χ2n) is 7.25. The number of anilines is 1. The van der Waals surface area contributed by atoms with Gasteiger partial charge in [0.25, 0.3) is 0 Å². The average Bonchev–Trinajstić information content (AvgIpc) is 2.91. The summed E-state index contributed by atoms with van der Waals surface area (Å²) < 4.78 is 0. The third-order valence-electron chi connectivity index (χ3n) is 5.43. The molecule has 2 aliphatic rings. The van der Waals surface area contributed by atoms with E-state index in [0.717, 1.165) is 49.9 Å². The van der Waals surface area contributed by atoms with Gasteiger partial charge in [0.2, 0.25) is 11.8 Å². The highest BCUT2D eigenvalue weighted by Crippen LogP contribution is 2.24. The SMILES string of the molecule is O=C(Cc1ccc(N2CCCC2=O)cc1)NC1CCCCCC1CO. The molecule has 0 aromatic heterocycles. The lowest BCUT2D eigenvalue weighted by Gasteiger charge is -2.24. The van der Waals surface area contributed by atoms with Gasteiger partial charge in [0.15, 0.2) is 0 Å². The van der Waals surface area contributed by atoms with E-state index >= 15 is 0 Å². The van der Waals surface area contributed by atoms with E-state index in [1.165, 1.54) is 6.42 Å². The van der Waals surface area contributed by atoms with E-state index in [9.17, 15) is 14.7 Å². The van der Waals surface area contributed by atoms with Crippen LogP contribution in [-0.2, 0) is 16.0 Å². The molecule has 1 aromatic rings. The molecule has 0 radical (unpaired) electrons. The standard InChI is InChI=1S/C20H28N2O3/c23-14-16-5-2-1-3-6-18(16)21-19(24)13-15-8-10-17(11-9-15)22-12-4-7-20(22)25/h8-11,16,18,23H,1-7,12-14H2,(H,21,24). The molecule has 2 N–H and O–H groups in total. The minimum Gasteiger partial charge on any atom is -0.396 e. The molecule has 3 rings (SSSR count). The maximum atomic E-state index is 12.4. The molecular formula is C20H28N2O3. The summed E-state index contributed by atoms with van der Waals surface area (Å²) in [4.78, 5) is 26.0. The third-order valence-corrected chi connectivity index (χ3v) is 5.43. The molecule has 5 heteroatoms. The van der Waals surface area contributed by atoms with Crippen molar-refractivity contribution in [3.05, 3.63) is 29.8 Å². The Hall–Kier alpha value is -1.88. The third kappa shape index (κ3) is 4.60. The first kappa shape index (κ1) is 17.9. The minimum atomic E-state index is 0.00958. The number of carbonyl (C=O) groups excluding carboxylic acids is 2. The lowest BCUT2D eigenvalue weighted by molar-refractivity contribution is -0.121. The average molecular weight is 344 g/mol. The van der Waals surface area contributed by atoms with Gasteiger partial charge in [-0.3, -0.25) is 9.59 Å². The van der Waals surface area contributed by atoms with E-state index in [-0.39, 0.29) is 30.4 Å². The van der Waals surface area contributed by atoms with Crippen LogP contribution in [0.1, 0.15) is 50.5 Å². The van der Waals surface area contributed by atoms with Crippen molar-refractivity contribution in [3.63, 3.8) is 0 Å². The Morgan fingerprint density at radius 1 is 1.12 bits per heavy atom. The molecule has 136 valence electrons. The minimum absolute atomic E-state index is 0.00958. The molecule has 0 bridgehead atoms. The van der Waals surface area contributed by atoms with Gasteiger partial charge in [-0.1, -0.05) is 31.4 Å². The van der Waals surface area contributed by atoms with Gasteiger partial charge >= 0.3 is 0 Å². The molecule has 1 saturated carbocycles. The molecule has 1 aromatic carbocycles. The lowest BCUT2D eigenvalue weighted by atomic mass is 9.95. The Labute approximate surface area is 149 Å². The van der Waals surface area contributed by atoms with Crippen LogP contribution in [0.15, 0.2) is 24.3 Å². The molecule has 1 heterocycles. The second-order valence-corrected chi connectivity index (χ2v) is 7.25. The van der Waals surface area contributed by atoms with Crippen LogP contribution < -0.4 is 10.2 Å². The maximum Gasteiger partial charge on any atom is 0.227 e. The van der Waals surface area contributed by atoms with Crippen molar-refractivity contribution in [1.29, 1.82) is 0 Å². The summed E-state index contributed by atoms with van der Waals surface area (Å²) in [5.41, 5.74) is 1.86. The molecule has 1 aliphatic heterocycles. The van der Waals surface area contributed by atoms with E-state index in [4.69, 9.17) is 0 Å². The van der Waals surface area contributed by atoms with Crippen molar-refractivity contribution in [1.82, 2.24) is 5.32 Å². The monoisotopic (exact) mass is 344 g/mol. The van der Waals surface area contributed by atoms with E-state index in [0.29, 0.717) is 12.8 Å². The molecule has 2 amide bonds. The van der Waals surface area contributed by atoms with Gasteiger partial charge in [-0.25, -0.2) is 0 Å². The van der Waals surface area contributed by atoms with Crippen molar-refractivity contribution in [3.8, 4) is 0 Å². The summed E-state index contributed by atoms with van der Waals surface area (Å²) in [6, 6.07) is 7.79. The van der Waals surface area contributed by atoms with Crippen LogP contribution in [0.25, 0.3) is 0 Å².